The third kappa shape index (κ3) is 5.65. The number of amides is 1. The van der Waals surface area contributed by atoms with Gasteiger partial charge in [-0.2, -0.15) is 0 Å². The molecule has 1 aromatic heterocycles. The number of rotatable bonds is 7. The Balaban J connectivity index is 1.64. The van der Waals surface area contributed by atoms with Crippen molar-refractivity contribution >= 4 is 34.1 Å². The van der Waals surface area contributed by atoms with Crippen molar-refractivity contribution in [3.05, 3.63) is 88.8 Å². The number of carbonyl (C=O) groups excluding carboxylic acids is 1. The van der Waals surface area contributed by atoms with Crippen molar-refractivity contribution in [1.29, 1.82) is 0 Å². The van der Waals surface area contributed by atoms with Gasteiger partial charge in [0.05, 0.1) is 5.56 Å². The average Bonchev–Trinajstić information content (AvgIpc) is 3.20. The maximum atomic E-state index is 13.4. The summed E-state index contributed by atoms with van der Waals surface area (Å²) in [6.45, 7) is 11.1. The van der Waals surface area contributed by atoms with Crippen LogP contribution in [0.5, 0.6) is 5.75 Å². The lowest BCUT2D eigenvalue weighted by atomic mass is 9.72. The van der Waals surface area contributed by atoms with E-state index < -0.39 is 0 Å². The fourth-order valence-corrected chi connectivity index (χ4v) is 5.56. The molecule has 0 spiro atoms. The van der Waals surface area contributed by atoms with Gasteiger partial charge in [0.25, 0.3) is 5.91 Å². The first-order valence-electron chi connectivity index (χ1n) is 11.7. The molecule has 34 heavy (non-hydrogen) atoms. The molecule has 0 unspecified atom stereocenters. The van der Waals surface area contributed by atoms with Gasteiger partial charge in [-0.15, -0.1) is 11.3 Å². The molecule has 1 heterocycles. The van der Waals surface area contributed by atoms with Crippen LogP contribution in [0.1, 0.15) is 53.6 Å². The number of fused-ring (bicyclic) bond motifs is 1. The van der Waals surface area contributed by atoms with E-state index in [0.717, 1.165) is 46.8 Å². The van der Waals surface area contributed by atoms with Crippen LogP contribution in [0.2, 0.25) is 0 Å². The number of thiophene rings is 1. The first-order valence-corrected chi connectivity index (χ1v) is 12.6. The molecule has 4 nitrogen and oxygen atoms in total. The van der Waals surface area contributed by atoms with Crippen LogP contribution in [0.25, 0.3) is 0 Å². The van der Waals surface area contributed by atoms with E-state index in [1.807, 2.05) is 60.8 Å². The van der Waals surface area contributed by atoms with E-state index in [9.17, 15) is 4.79 Å². The molecule has 0 saturated heterocycles. The van der Waals surface area contributed by atoms with E-state index in [0.29, 0.717) is 12.5 Å². The number of hydrogen-bond donors (Lipinski definition) is 1. The number of carbonyl (C=O) groups is 1. The summed E-state index contributed by atoms with van der Waals surface area (Å²) in [6, 6.07) is 17.4. The number of anilines is 1. The number of aliphatic imine (C=N–C) groups is 1. The predicted molar refractivity (Wildman–Crippen MR) is 143 cm³/mol. The molecular weight excluding hydrogens is 440 g/mol. The van der Waals surface area contributed by atoms with Crippen LogP contribution in [-0.2, 0) is 12.8 Å². The molecule has 1 atom stereocenters. The van der Waals surface area contributed by atoms with Gasteiger partial charge in [-0.3, -0.25) is 4.79 Å². The van der Waals surface area contributed by atoms with E-state index in [2.05, 4.69) is 32.7 Å². The van der Waals surface area contributed by atoms with Crippen LogP contribution in [0, 0.1) is 11.3 Å². The zero-order valence-corrected chi connectivity index (χ0v) is 21.0. The van der Waals surface area contributed by atoms with Gasteiger partial charge in [0.2, 0.25) is 0 Å². The van der Waals surface area contributed by atoms with Gasteiger partial charge < -0.3 is 10.1 Å². The Hall–Kier alpha value is -3.18. The Kier molecular flexibility index (Phi) is 7.32. The molecule has 3 aromatic rings. The number of hydrogen-bond acceptors (Lipinski definition) is 4. The van der Waals surface area contributed by atoms with Crippen molar-refractivity contribution in [1.82, 2.24) is 0 Å². The maximum Gasteiger partial charge on any atom is 0.259 e. The Morgan fingerprint density at radius 2 is 1.91 bits per heavy atom. The van der Waals surface area contributed by atoms with E-state index in [1.165, 1.54) is 10.4 Å². The molecule has 1 N–H and O–H groups in total. The van der Waals surface area contributed by atoms with E-state index in [-0.39, 0.29) is 11.3 Å². The lowest BCUT2D eigenvalue weighted by Gasteiger charge is -2.33. The summed E-state index contributed by atoms with van der Waals surface area (Å²) < 4.78 is 5.56. The predicted octanol–water partition coefficient (Wildman–Crippen LogP) is 7.47. The fraction of sp³-hybridized carbons (Fsp3) is 0.310. The van der Waals surface area contributed by atoms with Crippen LogP contribution in [0.3, 0.4) is 0 Å². The number of nitrogens with zero attached hydrogens (tertiary/aromatic N) is 1. The van der Waals surface area contributed by atoms with Gasteiger partial charge in [-0.25, -0.2) is 4.99 Å². The second kappa shape index (κ2) is 10.4. The Morgan fingerprint density at radius 3 is 2.59 bits per heavy atom. The van der Waals surface area contributed by atoms with Crippen molar-refractivity contribution in [2.45, 2.75) is 40.0 Å². The molecule has 1 aliphatic rings. The zero-order chi connectivity index (χ0) is 24.1. The van der Waals surface area contributed by atoms with Crippen LogP contribution < -0.4 is 10.1 Å². The van der Waals surface area contributed by atoms with E-state index in [1.54, 1.807) is 17.4 Å². The summed E-state index contributed by atoms with van der Waals surface area (Å²) in [5.41, 5.74) is 3.88. The second-order valence-corrected chi connectivity index (χ2v) is 10.8. The number of para-hydroxylation sites is 1. The minimum Gasteiger partial charge on any atom is -0.490 e. The van der Waals surface area contributed by atoms with Crippen LogP contribution in [0.4, 0.5) is 10.7 Å². The largest absolute Gasteiger partial charge is 0.490 e. The minimum absolute atomic E-state index is 0.0850. The molecule has 176 valence electrons. The van der Waals surface area contributed by atoms with Crippen LogP contribution in [-0.4, -0.2) is 18.7 Å². The molecule has 4 rings (SSSR count). The highest BCUT2D eigenvalue weighted by atomic mass is 32.1. The second-order valence-electron chi connectivity index (χ2n) is 9.74. The SMILES string of the molecule is C=CCOc1ccc(C=Nc2sc3c(c2C(=O)Nc2ccccc2)CC[C@@H](C(C)(C)C)C3)cc1. The van der Waals surface area contributed by atoms with Gasteiger partial charge in [0.15, 0.2) is 0 Å². The Labute approximate surface area is 206 Å². The lowest BCUT2D eigenvalue weighted by Crippen LogP contribution is -2.27. The van der Waals surface area contributed by atoms with Gasteiger partial charge >= 0.3 is 0 Å². The summed E-state index contributed by atoms with van der Waals surface area (Å²) in [7, 11) is 0. The summed E-state index contributed by atoms with van der Waals surface area (Å²) in [4.78, 5) is 19.5. The van der Waals surface area contributed by atoms with Crippen molar-refractivity contribution in [3.8, 4) is 5.75 Å². The van der Waals surface area contributed by atoms with Crippen molar-refractivity contribution in [2.24, 2.45) is 16.3 Å². The quantitative estimate of drug-likeness (QED) is 0.286. The fourth-order valence-electron chi connectivity index (χ4n) is 4.29. The summed E-state index contributed by atoms with van der Waals surface area (Å²) >= 11 is 1.66. The Bertz CT molecular complexity index is 1170. The van der Waals surface area contributed by atoms with E-state index >= 15 is 0 Å². The summed E-state index contributed by atoms with van der Waals surface area (Å²) in [5, 5.41) is 3.85. The normalized spacial score (nSPS) is 15.7. The monoisotopic (exact) mass is 472 g/mol. The van der Waals surface area contributed by atoms with E-state index in [4.69, 9.17) is 9.73 Å². The molecule has 5 heteroatoms. The molecule has 2 aromatic carbocycles. The number of ether oxygens (including phenoxy) is 1. The molecule has 0 aliphatic heterocycles. The summed E-state index contributed by atoms with van der Waals surface area (Å²) in [5.74, 6) is 1.31. The summed E-state index contributed by atoms with van der Waals surface area (Å²) in [6.07, 6.45) is 6.56. The maximum absolute atomic E-state index is 13.4. The van der Waals surface area contributed by atoms with Crippen LogP contribution in [0.15, 0.2) is 72.2 Å². The third-order valence-electron chi connectivity index (χ3n) is 6.31. The smallest absolute Gasteiger partial charge is 0.259 e. The first kappa shape index (κ1) is 24.0. The van der Waals surface area contributed by atoms with Gasteiger partial charge in [-0.05, 0) is 78.1 Å². The molecular formula is C29H32N2O2S. The van der Waals surface area contributed by atoms with Crippen molar-refractivity contribution in [2.75, 3.05) is 11.9 Å². The minimum atomic E-state index is -0.0850. The van der Waals surface area contributed by atoms with Crippen LogP contribution >= 0.6 is 11.3 Å². The van der Waals surface area contributed by atoms with Gasteiger partial charge in [0, 0.05) is 16.8 Å². The molecule has 0 bridgehead atoms. The van der Waals surface area contributed by atoms with Gasteiger partial charge in [-0.1, -0.05) is 51.6 Å². The van der Waals surface area contributed by atoms with Gasteiger partial charge in [0.1, 0.15) is 17.4 Å². The van der Waals surface area contributed by atoms with Crippen molar-refractivity contribution < 1.29 is 9.53 Å². The molecule has 0 fully saturated rings. The molecule has 0 radical (unpaired) electrons. The molecule has 1 aliphatic carbocycles. The zero-order valence-electron chi connectivity index (χ0n) is 20.1. The number of nitrogens with one attached hydrogen (secondary N) is 1. The molecule has 0 saturated carbocycles. The number of benzene rings is 2. The molecule has 1 amide bonds. The Morgan fingerprint density at radius 1 is 1.18 bits per heavy atom. The topological polar surface area (TPSA) is 50.7 Å². The average molecular weight is 473 g/mol. The van der Waals surface area contributed by atoms with Crippen molar-refractivity contribution in [3.63, 3.8) is 0 Å². The first-order chi connectivity index (χ1) is 16.3. The standard InChI is InChI=1S/C29H32N2O2S/c1-5-17-33-23-14-11-20(12-15-23)19-30-28-26(27(32)31-22-9-7-6-8-10-22)24-16-13-21(29(2,3)4)18-25(24)34-28/h5-12,14-15,19,21H,1,13,16-18H2,2-4H3,(H,31,32)/t21-/m1/s1. The lowest BCUT2D eigenvalue weighted by molar-refractivity contribution is 0.102. The highest BCUT2D eigenvalue weighted by molar-refractivity contribution is 7.16. The highest BCUT2D eigenvalue weighted by Gasteiger charge is 2.33. The highest BCUT2D eigenvalue weighted by Crippen LogP contribution is 2.45. The third-order valence-corrected chi connectivity index (χ3v) is 7.47.